The quantitative estimate of drug-likeness (QED) is 0.744. The van der Waals surface area contributed by atoms with E-state index in [0.29, 0.717) is 6.61 Å². The monoisotopic (exact) mass is 244 g/mol. The number of aryl methyl sites for hydroxylation is 2. The maximum atomic E-state index is 5.56. The Bertz CT molecular complexity index is 448. The molecule has 1 saturated heterocycles. The van der Waals surface area contributed by atoms with E-state index in [2.05, 4.69) is 37.8 Å². The molecule has 2 heteroatoms. The molecule has 0 aliphatic carbocycles. The summed E-state index contributed by atoms with van der Waals surface area (Å²) in [6.45, 7) is 5.47. The van der Waals surface area contributed by atoms with Gasteiger partial charge in [0, 0.05) is 12.2 Å². The Balaban J connectivity index is 1.82. The minimum atomic E-state index is -0.0483. The van der Waals surface area contributed by atoms with E-state index in [1.165, 1.54) is 17.5 Å². The van der Waals surface area contributed by atoms with Gasteiger partial charge in [0.1, 0.15) is 6.61 Å². The molecule has 0 spiro atoms. The van der Waals surface area contributed by atoms with Crippen molar-refractivity contribution in [2.75, 3.05) is 13.2 Å². The number of benzene rings is 1. The van der Waals surface area contributed by atoms with Crippen LogP contribution in [0.4, 0.5) is 0 Å². The highest BCUT2D eigenvalue weighted by Gasteiger charge is 2.12. The first-order valence-corrected chi connectivity index (χ1v) is 6.55. The van der Waals surface area contributed by atoms with E-state index in [0.717, 1.165) is 25.0 Å². The highest BCUT2D eigenvalue weighted by Crippen LogP contribution is 2.13. The molecule has 1 fully saturated rings. The minimum absolute atomic E-state index is 0.0483. The molecular formula is C16H20O2. The second-order valence-corrected chi connectivity index (χ2v) is 4.71. The maximum absolute atomic E-state index is 5.56. The Hall–Kier alpha value is -1.30. The molecule has 96 valence electrons. The summed E-state index contributed by atoms with van der Waals surface area (Å²) in [6.07, 6.45) is 3.28. The summed E-state index contributed by atoms with van der Waals surface area (Å²) in [4.78, 5) is 0. The number of hydrogen-bond acceptors (Lipinski definition) is 2. The number of ether oxygens (including phenoxy) is 2. The van der Waals surface area contributed by atoms with Gasteiger partial charge in [-0.3, -0.25) is 0 Å². The predicted molar refractivity (Wildman–Crippen MR) is 72.3 cm³/mol. The van der Waals surface area contributed by atoms with E-state index >= 15 is 0 Å². The average Bonchev–Trinajstić information content (AvgIpc) is 2.40. The summed E-state index contributed by atoms with van der Waals surface area (Å²) < 4.78 is 11.0. The van der Waals surface area contributed by atoms with E-state index < -0.39 is 0 Å². The molecule has 0 radical (unpaired) electrons. The van der Waals surface area contributed by atoms with E-state index in [-0.39, 0.29) is 6.29 Å². The van der Waals surface area contributed by atoms with Gasteiger partial charge in [-0.15, -0.1) is 0 Å². The summed E-state index contributed by atoms with van der Waals surface area (Å²) in [5.74, 6) is 6.17. The average molecular weight is 244 g/mol. The second kappa shape index (κ2) is 6.58. The van der Waals surface area contributed by atoms with Crippen molar-refractivity contribution in [2.24, 2.45) is 0 Å². The molecule has 0 aromatic heterocycles. The largest absolute Gasteiger partial charge is 0.353 e. The minimum Gasteiger partial charge on any atom is -0.353 e. The van der Waals surface area contributed by atoms with Crippen molar-refractivity contribution in [2.45, 2.75) is 39.4 Å². The van der Waals surface area contributed by atoms with Gasteiger partial charge in [-0.25, -0.2) is 0 Å². The fraction of sp³-hybridized carbons (Fsp3) is 0.500. The van der Waals surface area contributed by atoms with Crippen LogP contribution in [0, 0.1) is 25.7 Å². The predicted octanol–water partition coefficient (Wildman–Crippen LogP) is 3.20. The Morgan fingerprint density at radius 2 is 2.17 bits per heavy atom. The summed E-state index contributed by atoms with van der Waals surface area (Å²) in [5.41, 5.74) is 3.62. The normalized spacial score (nSPS) is 19.1. The highest BCUT2D eigenvalue weighted by atomic mass is 16.7. The Labute approximate surface area is 109 Å². The molecule has 1 atom stereocenters. The smallest absolute Gasteiger partial charge is 0.158 e. The Morgan fingerprint density at radius 3 is 2.89 bits per heavy atom. The van der Waals surface area contributed by atoms with Crippen LogP contribution in [-0.2, 0) is 9.47 Å². The van der Waals surface area contributed by atoms with Crippen LogP contribution in [0.15, 0.2) is 18.2 Å². The Morgan fingerprint density at radius 1 is 1.28 bits per heavy atom. The van der Waals surface area contributed by atoms with E-state index in [1.54, 1.807) is 0 Å². The van der Waals surface area contributed by atoms with Gasteiger partial charge < -0.3 is 9.47 Å². The van der Waals surface area contributed by atoms with Gasteiger partial charge in [-0.2, -0.15) is 0 Å². The third-order valence-electron chi connectivity index (χ3n) is 3.22. The van der Waals surface area contributed by atoms with Crippen LogP contribution in [-0.4, -0.2) is 19.5 Å². The molecule has 1 aliphatic heterocycles. The lowest BCUT2D eigenvalue weighted by Crippen LogP contribution is -2.22. The van der Waals surface area contributed by atoms with E-state index in [9.17, 15) is 0 Å². The molecule has 2 rings (SSSR count). The van der Waals surface area contributed by atoms with Crippen molar-refractivity contribution in [1.29, 1.82) is 0 Å². The van der Waals surface area contributed by atoms with Gasteiger partial charge >= 0.3 is 0 Å². The molecule has 0 amide bonds. The first-order chi connectivity index (χ1) is 8.75. The molecule has 0 N–H and O–H groups in total. The van der Waals surface area contributed by atoms with Crippen LogP contribution in [0.3, 0.4) is 0 Å². The third-order valence-corrected chi connectivity index (χ3v) is 3.22. The van der Waals surface area contributed by atoms with Crippen LogP contribution in [0.5, 0.6) is 0 Å². The van der Waals surface area contributed by atoms with Crippen molar-refractivity contribution < 1.29 is 9.47 Å². The second-order valence-electron chi connectivity index (χ2n) is 4.71. The van der Waals surface area contributed by atoms with Crippen molar-refractivity contribution in [3.8, 4) is 11.8 Å². The molecule has 1 aliphatic rings. The Kier molecular flexibility index (Phi) is 4.81. The fourth-order valence-electron chi connectivity index (χ4n) is 1.93. The van der Waals surface area contributed by atoms with E-state index in [1.807, 2.05) is 6.07 Å². The molecule has 0 bridgehead atoms. The van der Waals surface area contributed by atoms with Crippen molar-refractivity contribution in [3.63, 3.8) is 0 Å². The first kappa shape index (κ1) is 13.1. The van der Waals surface area contributed by atoms with Crippen LogP contribution in [0.2, 0.25) is 0 Å². The molecule has 0 saturated carbocycles. The molecule has 18 heavy (non-hydrogen) atoms. The van der Waals surface area contributed by atoms with Crippen molar-refractivity contribution >= 4 is 0 Å². The maximum Gasteiger partial charge on any atom is 0.158 e. The zero-order valence-corrected chi connectivity index (χ0v) is 11.2. The number of hydrogen-bond donors (Lipinski definition) is 0. The van der Waals surface area contributed by atoms with Crippen molar-refractivity contribution in [1.82, 2.24) is 0 Å². The topological polar surface area (TPSA) is 18.5 Å². The molecule has 1 heterocycles. The van der Waals surface area contributed by atoms with Gasteiger partial charge in [0.05, 0.1) is 0 Å². The van der Waals surface area contributed by atoms with Crippen molar-refractivity contribution in [3.05, 3.63) is 34.9 Å². The molecule has 2 nitrogen and oxygen atoms in total. The zero-order valence-electron chi connectivity index (χ0n) is 11.2. The van der Waals surface area contributed by atoms with Crippen LogP contribution >= 0.6 is 0 Å². The molecular weight excluding hydrogens is 224 g/mol. The third kappa shape index (κ3) is 3.87. The van der Waals surface area contributed by atoms with E-state index in [4.69, 9.17) is 9.47 Å². The van der Waals surface area contributed by atoms with Crippen LogP contribution in [0.25, 0.3) is 0 Å². The molecule has 1 aromatic rings. The standard InChI is InChI=1S/C16H20O2/c1-13-8-9-15(12-14(13)2)6-5-11-18-16-7-3-4-10-17-16/h8-9,12,16H,3-4,7,10-11H2,1-2H3. The van der Waals surface area contributed by atoms with Gasteiger partial charge in [0.2, 0.25) is 0 Å². The van der Waals surface area contributed by atoms with Gasteiger partial charge in [0.25, 0.3) is 0 Å². The zero-order chi connectivity index (χ0) is 12.8. The highest BCUT2D eigenvalue weighted by molar-refractivity contribution is 5.40. The molecule has 1 unspecified atom stereocenters. The SMILES string of the molecule is Cc1ccc(C#CCOC2CCCCO2)cc1C. The lowest BCUT2D eigenvalue weighted by molar-refractivity contribution is -0.154. The van der Waals surface area contributed by atoms with Gasteiger partial charge in [-0.05, 0) is 56.4 Å². The molecule has 1 aromatic carbocycles. The summed E-state index contributed by atoms with van der Waals surface area (Å²) in [7, 11) is 0. The first-order valence-electron chi connectivity index (χ1n) is 6.55. The number of rotatable bonds is 2. The summed E-state index contributed by atoms with van der Waals surface area (Å²) >= 11 is 0. The fourth-order valence-corrected chi connectivity index (χ4v) is 1.93. The summed E-state index contributed by atoms with van der Waals surface area (Å²) in [5, 5.41) is 0. The summed E-state index contributed by atoms with van der Waals surface area (Å²) in [6, 6.07) is 6.26. The lowest BCUT2D eigenvalue weighted by atomic mass is 10.1. The van der Waals surface area contributed by atoms with Gasteiger partial charge in [-0.1, -0.05) is 17.9 Å². The van der Waals surface area contributed by atoms with Crippen LogP contribution in [0.1, 0.15) is 36.0 Å². The van der Waals surface area contributed by atoms with Crippen LogP contribution < -0.4 is 0 Å². The van der Waals surface area contributed by atoms with Gasteiger partial charge in [0.15, 0.2) is 6.29 Å². The lowest BCUT2D eigenvalue weighted by Gasteiger charge is -2.21.